The number of unbranched alkanes of at least 4 members (excludes halogenated alkanes) is 1. The molecular weight excluding hydrogens is 290 g/mol. The van der Waals surface area contributed by atoms with Crippen LogP contribution in [0.25, 0.3) is 0 Å². The van der Waals surface area contributed by atoms with Crippen LogP contribution in [0.1, 0.15) is 42.1 Å². The molecule has 21 heavy (non-hydrogen) atoms. The van der Waals surface area contributed by atoms with Crippen molar-refractivity contribution in [2.24, 2.45) is 5.92 Å². The third-order valence-electron chi connectivity index (χ3n) is 3.06. The minimum atomic E-state index is -0.701. The summed E-state index contributed by atoms with van der Waals surface area (Å²) in [6.45, 7) is 2.01. The number of methoxy groups -OCH3 is 1. The fourth-order valence-electron chi connectivity index (χ4n) is 1.95. The van der Waals surface area contributed by atoms with Crippen molar-refractivity contribution >= 4 is 23.3 Å². The molecule has 1 unspecified atom stereocenters. The Morgan fingerprint density at radius 1 is 1.38 bits per heavy atom. The maximum absolute atomic E-state index is 11.5. The van der Waals surface area contributed by atoms with Crippen LogP contribution in [0.4, 0.5) is 0 Å². The Bertz CT molecular complexity index is 518. The van der Waals surface area contributed by atoms with Crippen LogP contribution in [-0.4, -0.2) is 25.7 Å². The van der Waals surface area contributed by atoms with Crippen molar-refractivity contribution in [3.05, 3.63) is 21.9 Å². The van der Waals surface area contributed by atoms with Gasteiger partial charge in [0.2, 0.25) is 0 Å². The lowest BCUT2D eigenvalue weighted by atomic mass is 10.0. The Balaban J connectivity index is 2.41. The molecule has 0 radical (unpaired) electrons. The van der Waals surface area contributed by atoms with E-state index in [1.54, 1.807) is 12.3 Å². The first kappa shape index (κ1) is 17.2. The molecule has 5 nitrogen and oxygen atoms in total. The van der Waals surface area contributed by atoms with Crippen LogP contribution in [-0.2, 0) is 20.7 Å². The van der Waals surface area contributed by atoms with Gasteiger partial charge in [0.25, 0.3) is 0 Å². The number of ether oxygens (including phenoxy) is 2. The van der Waals surface area contributed by atoms with Crippen molar-refractivity contribution in [2.45, 2.75) is 32.6 Å². The van der Waals surface area contributed by atoms with E-state index in [1.807, 2.05) is 11.4 Å². The van der Waals surface area contributed by atoms with E-state index in [-0.39, 0.29) is 12.6 Å². The van der Waals surface area contributed by atoms with Crippen molar-refractivity contribution in [1.82, 2.24) is 0 Å². The number of carbonyl (C=O) groups excluding carboxylic acids is 2. The van der Waals surface area contributed by atoms with Crippen molar-refractivity contribution in [3.8, 4) is 6.07 Å². The summed E-state index contributed by atoms with van der Waals surface area (Å²) < 4.78 is 9.56. The highest BCUT2D eigenvalue weighted by atomic mass is 32.1. The van der Waals surface area contributed by atoms with E-state index in [0.717, 1.165) is 24.8 Å². The summed E-state index contributed by atoms with van der Waals surface area (Å²) in [5.74, 6) is -1.48. The van der Waals surface area contributed by atoms with E-state index in [2.05, 4.69) is 0 Å². The molecule has 0 saturated carbocycles. The van der Waals surface area contributed by atoms with Gasteiger partial charge in [-0.2, -0.15) is 16.6 Å². The molecule has 1 heterocycles. The molecule has 0 aliphatic carbocycles. The summed E-state index contributed by atoms with van der Waals surface area (Å²) in [5, 5.41) is 12.7. The van der Waals surface area contributed by atoms with Crippen molar-refractivity contribution < 1.29 is 19.1 Å². The van der Waals surface area contributed by atoms with E-state index < -0.39 is 11.9 Å². The van der Waals surface area contributed by atoms with Crippen LogP contribution in [0.15, 0.2) is 10.8 Å². The van der Waals surface area contributed by atoms with Gasteiger partial charge in [-0.25, -0.2) is 4.79 Å². The van der Waals surface area contributed by atoms with Gasteiger partial charge < -0.3 is 9.47 Å². The number of nitriles is 1. The third-order valence-corrected chi connectivity index (χ3v) is 3.86. The SMILES string of the molecule is CCOC(=O)C(C#N)CCCCc1cscc1C(=O)OC. The van der Waals surface area contributed by atoms with Crippen LogP contribution in [0, 0.1) is 17.2 Å². The lowest BCUT2D eigenvalue weighted by Crippen LogP contribution is -2.16. The summed E-state index contributed by atoms with van der Waals surface area (Å²) in [4.78, 5) is 23.0. The molecule has 6 heteroatoms. The van der Waals surface area contributed by atoms with E-state index >= 15 is 0 Å². The summed E-state index contributed by atoms with van der Waals surface area (Å²) in [7, 11) is 1.36. The zero-order valence-corrected chi connectivity index (χ0v) is 13.1. The molecule has 1 atom stereocenters. The van der Waals surface area contributed by atoms with Gasteiger partial charge >= 0.3 is 11.9 Å². The molecule has 0 amide bonds. The van der Waals surface area contributed by atoms with Gasteiger partial charge in [0.05, 0.1) is 25.3 Å². The maximum atomic E-state index is 11.5. The van der Waals surface area contributed by atoms with Gasteiger partial charge in [0, 0.05) is 5.38 Å². The molecule has 1 rings (SSSR count). The van der Waals surface area contributed by atoms with Crippen molar-refractivity contribution in [2.75, 3.05) is 13.7 Å². The second-order valence-corrected chi connectivity index (χ2v) is 5.23. The van der Waals surface area contributed by atoms with E-state index in [9.17, 15) is 9.59 Å². The number of aryl methyl sites for hydroxylation is 1. The second-order valence-electron chi connectivity index (χ2n) is 4.48. The number of carbonyl (C=O) groups is 2. The predicted octanol–water partition coefficient (Wildman–Crippen LogP) is 2.95. The van der Waals surface area contributed by atoms with Gasteiger partial charge in [-0.1, -0.05) is 6.42 Å². The number of hydrogen-bond donors (Lipinski definition) is 0. The number of rotatable bonds is 8. The zero-order valence-electron chi connectivity index (χ0n) is 12.3. The highest BCUT2D eigenvalue weighted by Crippen LogP contribution is 2.20. The molecule has 0 aliphatic rings. The standard InChI is InChI=1S/C15H19NO4S/c1-3-20-14(17)11(8-16)6-4-5-7-12-9-21-10-13(12)15(18)19-2/h9-11H,3-7H2,1-2H3. The predicted molar refractivity (Wildman–Crippen MR) is 78.9 cm³/mol. The molecule has 1 aromatic heterocycles. The molecule has 0 fully saturated rings. The molecule has 0 spiro atoms. The van der Waals surface area contributed by atoms with Gasteiger partial charge in [-0.15, -0.1) is 0 Å². The number of nitrogens with zero attached hydrogens (tertiary/aromatic N) is 1. The highest BCUT2D eigenvalue weighted by Gasteiger charge is 2.18. The lowest BCUT2D eigenvalue weighted by Gasteiger charge is -2.08. The van der Waals surface area contributed by atoms with Crippen molar-refractivity contribution in [3.63, 3.8) is 0 Å². The summed E-state index contributed by atoms with van der Waals surface area (Å²) in [6.07, 6.45) is 2.74. The highest BCUT2D eigenvalue weighted by molar-refractivity contribution is 7.08. The third kappa shape index (κ3) is 5.20. The van der Waals surface area contributed by atoms with E-state index in [4.69, 9.17) is 14.7 Å². The number of hydrogen-bond acceptors (Lipinski definition) is 6. The maximum Gasteiger partial charge on any atom is 0.338 e. The Kier molecular flexibility index (Phi) is 7.48. The fourth-order valence-corrected chi connectivity index (χ4v) is 2.81. The largest absolute Gasteiger partial charge is 0.465 e. The smallest absolute Gasteiger partial charge is 0.338 e. The Labute approximate surface area is 128 Å². The summed E-state index contributed by atoms with van der Waals surface area (Å²) in [5.41, 5.74) is 1.56. The minimum absolute atomic E-state index is 0.286. The van der Waals surface area contributed by atoms with Gasteiger partial charge in [-0.3, -0.25) is 4.79 Å². The van der Waals surface area contributed by atoms with Crippen LogP contribution < -0.4 is 0 Å². The molecule has 0 aliphatic heterocycles. The fraction of sp³-hybridized carbons (Fsp3) is 0.533. The molecular formula is C15H19NO4S. The topological polar surface area (TPSA) is 76.4 Å². The molecule has 114 valence electrons. The first-order valence-electron chi connectivity index (χ1n) is 6.83. The van der Waals surface area contributed by atoms with E-state index in [0.29, 0.717) is 12.0 Å². The lowest BCUT2D eigenvalue weighted by molar-refractivity contribution is -0.146. The van der Waals surface area contributed by atoms with Crippen LogP contribution in [0.5, 0.6) is 0 Å². The number of esters is 2. The second kappa shape index (κ2) is 9.14. The van der Waals surface area contributed by atoms with Gasteiger partial charge in [0.1, 0.15) is 5.92 Å². The van der Waals surface area contributed by atoms with Crippen LogP contribution in [0.2, 0.25) is 0 Å². The van der Waals surface area contributed by atoms with Crippen LogP contribution in [0.3, 0.4) is 0 Å². The first-order valence-corrected chi connectivity index (χ1v) is 7.77. The molecule has 1 aromatic rings. The number of thiophene rings is 1. The molecule has 0 bridgehead atoms. The summed E-state index contributed by atoms with van der Waals surface area (Å²) >= 11 is 1.46. The Morgan fingerprint density at radius 2 is 2.14 bits per heavy atom. The molecule has 0 N–H and O–H groups in total. The average Bonchev–Trinajstić information content (AvgIpc) is 2.95. The molecule has 0 saturated heterocycles. The van der Waals surface area contributed by atoms with Gasteiger partial charge in [0.15, 0.2) is 0 Å². The quantitative estimate of drug-likeness (QED) is 0.545. The monoisotopic (exact) mass is 309 g/mol. The minimum Gasteiger partial charge on any atom is -0.465 e. The first-order chi connectivity index (χ1) is 10.1. The van der Waals surface area contributed by atoms with Gasteiger partial charge in [-0.05, 0) is 37.1 Å². The normalized spacial score (nSPS) is 11.5. The van der Waals surface area contributed by atoms with E-state index in [1.165, 1.54) is 18.4 Å². The summed E-state index contributed by atoms with van der Waals surface area (Å²) in [6, 6.07) is 1.97. The Morgan fingerprint density at radius 3 is 2.76 bits per heavy atom. The zero-order chi connectivity index (χ0) is 15.7. The van der Waals surface area contributed by atoms with Crippen molar-refractivity contribution in [1.29, 1.82) is 5.26 Å². The average molecular weight is 309 g/mol. The molecule has 0 aromatic carbocycles. The van der Waals surface area contributed by atoms with Crippen LogP contribution >= 0.6 is 11.3 Å². The Hall–Kier alpha value is -1.87.